The van der Waals surface area contributed by atoms with E-state index in [1.165, 1.54) is 0 Å². The number of cyclic esters (lactones) is 1. The zero-order chi connectivity index (χ0) is 7.28. The molecule has 0 bridgehead atoms. The molecule has 1 fully saturated rings. The van der Waals surface area contributed by atoms with Crippen LogP contribution in [0.1, 0.15) is 20.3 Å². The van der Waals surface area contributed by atoms with Crippen molar-refractivity contribution in [1.29, 1.82) is 0 Å². The second kappa shape index (κ2) is 4.32. The number of carbonyl (C=O) groups is 1. The van der Waals surface area contributed by atoms with Crippen LogP contribution in [0.5, 0.6) is 0 Å². The van der Waals surface area contributed by atoms with Crippen LogP contribution in [-0.2, 0) is 9.53 Å². The number of aliphatic hydroxyl groups excluding tert-OH is 1. The maximum atomic E-state index is 10.1. The van der Waals surface area contributed by atoms with Crippen molar-refractivity contribution >= 4 is 5.97 Å². The summed E-state index contributed by atoms with van der Waals surface area (Å²) in [5.41, 5.74) is 0. The van der Waals surface area contributed by atoms with Crippen LogP contribution in [0.4, 0.5) is 0 Å². The lowest BCUT2D eigenvalue weighted by atomic mass is 10.3. The van der Waals surface area contributed by atoms with E-state index in [4.69, 9.17) is 5.11 Å². The molecule has 1 aliphatic rings. The number of hydrogen-bond acceptors (Lipinski definition) is 3. The second-order valence-corrected chi connectivity index (χ2v) is 1.47. The highest BCUT2D eigenvalue weighted by atomic mass is 16.6. The molecular weight excluding hydrogens is 120 g/mol. The van der Waals surface area contributed by atoms with E-state index in [1.54, 1.807) is 0 Å². The molecule has 54 valence electrons. The summed E-state index contributed by atoms with van der Waals surface area (Å²) in [5.74, 6) is -0.486. The molecule has 0 aromatic carbocycles. The van der Waals surface area contributed by atoms with Crippen LogP contribution in [0, 0.1) is 0 Å². The molecule has 1 aliphatic heterocycles. The average molecular weight is 132 g/mol. The fourth-order valence-corrected chi connectivity index (χ4v) is 0.485. The van der Waals surface area contributed by atoms with Crippen molar-refractivity contribution in [2.75, 3.05) is 6.61 Å². The van der Waals surface area contributed by atoms with Crippen LogP contribution in [0.2, 0.25) is 0 Å². The van der Waals surface area contributed by atoms with Gasteiger partial charge < -0.3 is 9.84 Å². The van der Waals surface area contributed by atoms with E-state index in [-0.39, 0.29) is 0 Å². The highest BCUT2D eigenvalue weighted by Gasteiger charge is 2.22. The Balaban J connectivity index is 0.000000291. The van der Waals surface area contributed by atoms with Crippen LogP contribution in [0.25, 0.3) is 0 Å². The fourth-order valence-electron chi connectivity index (χ4n) is 0.485. The third-order valence-corrected chi connectivity index (χ3v) is 0.908. The standard InChI is InChI=1S/C4H6O3.C2H6/c5-3-1-2-7-4(3)6;1-2/h3,5H,1-2H2;1-2H3. The molecule has 0 aromatic rings. The summed E-state index contributed by atoms with van der Waals surface area (Å²) in [6, 6.07) is 0. The summed E-state index contributed by atoms with van der Waals surface area (Å²) in [6.45, 7) is 4.38. The van der Waals surface area contributed by atoms with Gasteiger partial charge in [-0.1, -0.05) is 13.8 Å². The topological polar surface area (TPSA) is 46.5 Å². The molecule has 1 N–H and O–H groups in total. The Labute approximate surface area is 54.6 Å². The molecule has 0 aromatic heterocycles. The first-order valence-electron chi connectivity index (χ1n) is 3.15. The molecule has 1 atom stereocenters. The Morgan fingerprint density at radius 3 is 2.33 bits per heavy atom. The quantitative estimate of drug-likeness (QED) is 0.483. The summed E-state index contributed by atoms with van der Waals surface area (Å²) < 4.78 is 4.38. The molecule has 1 heterocycles. The maximum Gasteiger partial charge on any atom is 0.335 e. The zero-order valence-corrected chi connectivity index (χ0v) is 5.76. The molecular formula is C6H12O3. The minimum absolute atomic E-state index is 0.375. The number of esters is 1. The summed E-state index contributed by atoms with van der Waals surface area (Å²) in [7, 11) is 0. The van der Waals surface area contributed by atoms with Crippen LogP contribution in [-0.4, -0.2) is 23.8 Å². The molecule has 0 amide bonds. The van der Waals surface area contributed by atoms with Gasteiger partial charge in [0.2, 0.25) is 0 Å². The van der Waals surface area contributed by atoms with Gasteiger partial charge in [0.25, 0.3) is 0 Å². The van der Waals surface area contributed by atoms with E-state index in [0.29, 0.717) is 13.0 Å². The van der Waals surface area contributed by atoms with Crippen molar-refractivity contribution in [3.05, 3.63) is 0 Å². The minimum atomic E-state index is -0.847. The minimum Gasteiger partial charge on any atom is -0.464 e. The number of hydrogen-bond donors (Lipinski definition) is 1. The van der Waals surface area contributed by atoms with Crippen LogP contribution < -0.4 is 0 Å². The smallest absolute Gasteiger partial charge is 0.335 e. The van der Waals surface area contributed by atoms with Crippen LogP contribution in [0.15, 0.2) is 0 Å². The predicted octanol–water partition coefficient (Wildman–Crippen LogP) is 0.320. The van der Waals surface area contributed by atoms with Gasteiger partial charge in [0.1, 0.15) is 0 Å². The largest absolute Gasteiger partial charge is 0.464 e. The van der Waals surface area contributed by atoms with Gasteiger partial charge in [0.15, 0.2) is 6.10 Å². The monoisotopic (exact) mass is 132 g/mol. The summed E-state index contributed by atoms with van der Waals surface area (Å²) in [5, 5.41) is 8.52. The van der Waals surface area contributed by atoms with E-state index in [2.05, 4.69) is 4.74 Å². The maximum absolute atomic E-state index is 10.1. The lowest BCUT2D eigenvalue weighted by molar-refractivity contribution is -0.144. The van der Waals surface area contributed by atoms with Crippen molar-refractivity contribution in [3.8, 4) is 0 Å². The highest BCUT2D eigenvalue weighted by Crippen LogP contribution is 2.03. The molecule has 3 heteroatoms. The number of carbonyl (C=O) groups excluding carboxylic acids is 1. The van der Waals surface area contributed by atoms with Gasteiger partial charge in [-0.25, -0.2) is 4.79 Å². The molecule has 9 heavy (non-hydrogen) atoms. The molecule has 1 rings (SSSR count). The third-order valence-electron chi connectivity index (χ3n) is 0.908. The molecule has 0 radical (unpaired) electrons. The Morgan fingerprint density at radius 1 is 1.67 bits per heavy atom. The lowest BCUT2D eigenvalue weighted by Crippen LogP contribution is -2.11. The third kappa shape index (κ3) is 2.46. The number of rotatable bonds is 0. The first-order chi connectivity index (χ1) is 4.30. The summed E-state index contributed by atoms with van der Waals surface area (Å²) in [6.07, 6.45) is -0.390. The molecule has 3 nitrogen and oxygen atoms in total. The number of aliphatic hydroxyl groups is 1. The van der Waals surface area contributed by atoms with E-state index in [1.807, 2.05) is 13.8 Å². The number of ether oxygens (including phenoxy) is 1. The van der Waals surface area contributed by atoms with Crippen LogP contribution >= 0.6 is 0 Å². The van der Waals surface area contributed by atoms with E-state index >= 15 is 0 Å². The van der Waals surface area contributed by atoms with Gasteiger partial charge in [-0.15, -0.1) is 0 Å². The summed E-state index contributed by atoms with van der Waals surface area (Å²) in [4.78, 5) is 10.1. The first kappa shape index (κ1) is 8.43. The van der Waals surface area contributed by atoms with Gasteiger partial charge in [-0.3, -0.25) is 0 Å². The highest BCUT2D eigenvalue weighted by molar-refractivity contribution is 5.75. The molecule has 1 saturated heterocycles. The van der Waals surface area contributed by atoms with Gasteiger partial charge in [-0.05, 0) is 0 Å². The Morgan fingerprint density at radius 2 is 2.22 bits per heavy atom. The predicted molar refractivity (Wildman–Crippen MR) is 32.9 cm³/mol. The van der Waals surface area contributed by atoms with E-state index in [0.717, 1.165) is 0 Å². The van der Waals surface area contributed by atoms with Crippen LogP contribution in [0.3, 0.4) is 0 Å². The van der Waals surface area contributed by atoms with E-state index < -0.39 is 12.1 Å². The van der Waals surface area contributed by atoms with Gasteiger partial charge in [0, 0.05) is 6.42 Å². The second-order valence-electron chi connectivity index (χ2n) is 1.47. The van der Waals surface area contributed by atoms with Crippen molar-refractivity contribution in [2.24, 2.45) is 0 Å². The van der Waals surface area contributed by atoms with Crippen molar-refractivity contribution in [2.45, 2.75) is 26.4 Å². The van der Waals surface area contributed by atoms with Gasteiger partial charge in [0.05, 0.1) is 6.61 Å². The van der Waals surface area contributed by atoms with Gasteiger partial charge >= 0.3 is 5.97 Å². The van der Waals surface area contributed by atoms with Crippen molar-refractivity contribution in [1.82, 2.24) is 0 Å². The zero-order valence-electron chi connectivity index (χ0n) is 5.76. The normalized spacial score (nSPS) is 24.3. The van der Waals surface area contributed by atoms with E-state index in [9.17, 15) is 4.79 Å². The Hall–Kier alpha value is -0.570. The fraction of sp³-hybridized carbons (Fsp3) is 0.833. The van der Waals surface area contributed by atoms with Gasteiger partial charge in [-0.2, -0.15) is 0 Å². The molecule has 0 aliphatic carbocycles. The SMILES string of the molecule is CC.O=C1OCCC1O. The molecule has 0 saturated carbocycles. The Kier molecular flexibility index (Phi) is 4.05. The van der Waals surface area contributed by atoms with Crippen molar-refractivity contribution < 1.29 is 14.6 Å². The lowest BCUT2D eigenvalue weighted by Gasteiger charge is -1.88. The molecule has 1 unspecified atom stereocenters. The average Bonchev–Trinajstić information content (AvgIpc) is 2.23. The first-order valence-corrected chi connectivity index (χ1v) is 3.15. The molecule has 0 spiro atoms. The Bertz CT molecular complexity index is 90.3. The van der Waals surface area contributed by atoms with Crippen molar-refractivity contribution in [3.63, 3.8) is 0 Å². The summed E-state index contributed by atoms with van der Waals surface area (Å²) >= 11 is 0.